The van der Waals surface area contributed by atoms with Gasteiger partial charge in [-0.05, 0) is 45.0 Å². The summed E-state index contributed by atoms with van der Waals surface area (Å²) in [6.45, 7) is 2.66. The minimum absolute atomic E-state index is 0.166. The first-order valence-corrected chi connectivity index (χ1v) is 10.8. The highest BCUT2D eigenvalue weighted by molar-refractivity contribution is 6.02. The first-order valence-electron chi connectivity index (χ1n) is 10.8. The van der Waals surface area contributed by atoms with E-state index in [1.807, 2.05) is 23.8 Å². The SMILES string of the molecule is Cc1ncnc2c1ccn2[C@@H]1O[C@H](C(=O)c2ccc3ncn(C(F)F)c3c2)[C@H]2OC(C)(C)OC12. The largest absolute Gasteiger partial charge is 0.341 e. The van der Waals surface area contributed by atoms with Gasteiger partial charge in [0.2, 0.25) is 0 Å². The smallest absolute Gasteiger partial charge is 0.320 e. The Morgan fingerprint density at radius 2 is 1.91 bits per heavy atom. The molecule has 1 aromatic carbocycles. The van der Waals surface area contributed by atoms with Crippen LogP contribution in [0, 0.1) is 6.92 Å². The summed E-state index contributed by atoms with van der Waals surface area (Å²) in [4.78, 5) is 26.2. The van der Waals surface area contributed by atoms with Crippen molar-refractivity contribution in [3.05, 3.63) is 54.4 Å². The minimum atomic E-state index is -2.77. The van der Waals surface area contributed by atoms with E-state index in [4.69, 9.17) is 14.2 Å². The number of aromatic nitrogens is 5. The maximum Gasteiger partial charge on any atom is 0.320 e. The summed E-state index contributed by atoms with van der Waals surface area (Å²) in [5, 5.41) is 0.862. The lowest BCUT2D eigenvalue weighted by Crippen LogP contribution is -2.35. The molecule has 5 heterocycles. The van der Waals surface area contributed by atoms with Crippen LogP contribution in [0.25, 0.3) is 22.1 Å². The molecule has 2 aliphatic heterocycles. The predicted octanol–water partition coefficient (Wildman–Crippen LogP) is 3.78. The summed E-state index contributed by atoms with van der Waals surface area (Å²) in [6.07, 6.45) is 1.40. The van der Waals surface area contributed by atoms with Crippen LogP contribution in [0.5, 0.6) is 0 Å². The highest BCUT2D eigenvalue weighted by atomic mass is 19.3. The number of hydrogen-bond acceptors (Lipinski definition) is 7. The van der Waals surface area contributed by atoms with Gasteiger partial charge in [-0.15, -0.1) is 0 Å². The van der Waals surface area contributed by atoms with E-state index < -0.39 is 36.9 Å². The molecule has 4 atom stereocenters. The Morgan fingerprint density at radius 1 is 1.12 bits per heavy atom. The number of ketones is 1. The number of alkyl halides is 2. The van der Waals surface area contributed by atoms with Crippen LogP contribution in [-0.4, -0.2) is 54.0 Å². The molecule has 34 heavy (non-hydrogen) atoms. The second kappa shape index (κ2) is 7.36. The van der Waals surface area contributed by atoms with E-state index in [-0.39, 0.29) is 16.9 Å². The van der Waals surface area contributed by atoms with Gasteiger partial charge in [0.25, 0.3) is 0 Å². The van der Waals surface area contributed by atoms with Crippen molar-refractivity contribution in [1.82, 2.24) is 24.1 Å². The summed E-state index contributed by atoms with van der Waals surface area (Å²) in [5.41, 5.74) is 2.23. The number of hydrogen-bond donors (Lipinski definition) is 0. The van der Waals surface area contributed by atoms with Gasteiger partial charge in [0.1, 0.15) is 30.5 Å². The van der Waals surface area contributed by atoms with Crippen molar-refractivity contribution in [2.75, 3.05) is 0 Å². The van der Waals surface area contributed by atoms with E-state index in [0.717, 1.165) is 22.0 Å². The Morgan fingerprint density at radius 3 is 2.71 bits per heavy atom. The summed E-state index contributed by atoms with van der Waals surface area (Å²) in [7, 11) is 0. The Balaban J connectivity index is 1.39. The number of nitrogens with zero attached hydrogens (tertiary/aromatic N) is 5. The summed E-state index contributed by atoms with van der Waals surface area (Å²) >= 11 is 0. The number of ether oxygens (including phenoxy) is 3. The minimum Gasteiger partial charge on any atom is -0.341 e. The third kappa shape index (κ3) is 3.15. The van der Waals surface area contributed by atoms with Crippen LogP contribution in [0.3, 0.4) is 0 Å². The number of benzene rings is 1. The highest BCUT2D eigenvalue weighted by Gasteiger charge is 2.58. The molecular weight excluding hydrogens is 448 g/mol. The topological polar surface area (TPSA) is 93.3 Å². The molecule has 0 aliphatic carbocycles. The van der Waals surface area contributed by atoms with Gasteiger partial charge in [0.15, 0.2) is 23.9 Å². The van der Waals surface area contributed by atoms with E-state index in [0.29, 0.717) is 11.2 Å². The molecule has 0 bridgehead atoms. The molecule has 11 heteroatoms. The van der Waals surface area contributed by atoms with E-state index >= 15 is 0 Å². The van der Waals surface area contributed by atoms with Crippen molar-refractivity contribution in [3.8, 4) is 0 Å². The Bertz CT molecular complexity index is 1430. The maximum absolute atomic E-state index is 13.6. The van der Waals surface area contributed by atoms with Gasteiger partial charge in [-0.2, -0.15) is 8.78 Å². The van der Waals surface area contributed by atoms with Crippen LogP contribution in [0.4, 0.5) is 8.78 Å². The molecule has 0 spiro atoms. The van der Waals surface area contributed by atoms with Crippen molar-refractivity contribution in [2.45, 2.75) is 57.6 Å². The number of halogens is 2. The van der Waals surface area contributed by atoms with Crippen molar-refractivity contribution < 1.29 is 27.8 Å². The van der Waals surface area contributed by atoms with Crippen molar-refractivity contribution >= 4 is 27.9 Å². The number of fused-ring (bicyclic) bond motifs is 3. The molecule has 2 aliphatic rings. The molecule has 1 unspecified atom stereocenters. The highest BCUT2D eigenvalue weighted by Crippen LogP contribution is 2.45. The normalized spacial score (nSPS) is 26.1. The number of imidazole rings is 1. The van der Waals surface area contributed by atoms with Crippen LogP contribution in [0.1, 0.15) is 42.7 Å². The fourth-order valence-corrected chi connectivity index (χ4v) is 4.81. The van der Waals surface area contributed by atoms with Gasteiger partial charge in [0, 0.05) is 17.1 Å². The Hall–Kier alpha value is -3.28. The van der Waals surface area contributed by atoms with Crippen molar-refractivity contribution in [2.24, 2.45) is 0 Å². The fraction of sp³-hybridized carbons (Fsp3) is 0.391. The van der Waals surface area contributed by atoms with Gasteiger partial charge in [-0.1, -0.05) is 0 Å². The zero-order valence-corrected chi connectivity index (χ0v) is 18.6. The first-order chi connectivity index (χ1) is 16.2. The van der Waals surface area contributed by atoms with Crippen LogP contribution in [-0.2, 0) is 14.2 Å². The fourth-order valence-electron chi connectivity index (χ4n) is 4.81. The van der Waals surface area contributed by atoms with Gasteiger partial charge < -0.3 is 18.8 Å². The van der Waals surface area contributed by atoms with Gasteiger partial charge in [0.05, 0.1) is 16.7 Å². The molecule has 0 saturated carbocycles. The predicted molar refractivity (Wildman–Crippen MR) is 115 cm³/mol. The number of rotatable bonds is 4. The summed E-state index contributed by atoms with van der Waals surface area (Å²) in [5.74, 6) is -1.31. The zero-order valence-electron chi connectivity index (χ0n) is 18.6. The van der Waals surface area contributed by atoms with Gasteiger partial charge in [-0.25, -0.2) is 15.0 Å². The second-order valence-corrected chi connectivity index (χ2v) is 8.93. The summed E-state index contributed by atoms with van der Waals surface area (Å²) < 4.78 is 47.7. The molecule has 3 aromatic heterocycles. The number of Topliss-reactive ketones (excluding diaryl/α,β-unsaturated/α-hetero) is 1. The Kier molecular flexibility index (Phi) is 4.60. The van der Waals surface area contributed by atoms with Crippen molar-refractivity contribution in [3.63, 3.8) is 0 Å². The quantitative estimate of drug-likeness (QED) is 0.420. The first kappa shape index (κ1) is 21.3. The lowest BCUT2D eigenvalue weighted by molar-refractivity contribution is -0.190. The lowest BCUT2D eigenvalue weighted by Gasteiger charge is -2.24. The molecule has 6 rings (SSSR count). The zero-order chi connectivity index (χ0) is 23.8. The van der Waals surface area contributed by atoms with E-state index in [1.165, 1.54) is 12.4 Å². The van der Waals surface area contributed by atoms with Gasteiger partial charge >= 0.3 is 6.55 Å². The van der Waals surface area contributed by atoms with Gasteiger partial charge in [-0.3, -0.25) is 9.36 Å². The monoisotopic (exact) mass is 469 g/mol. The molecule has 0 amide bonds. The molecule has 0 N–H and O–H groups in total. The van der Waals surface area contributed by atoms with Crippen molar-refractivity contribution in [1.29, 1.82) is 0 Å². The summed E-state index contributed by atoms with van der Waals surface area (Å²) in [6, 6.07) is 6.39. The van der Waals surface area contributed by atoms with Crippen LogP contribution >= 0.6 is 0 Å². The molecule has 9 nitrogen and oxygen atoms in total. The molecule has 176 valence electrons. The number of carbonyl (C=O) groups is 1. The van der Waals surface area contributed by atoms with Crippen LogP contribution in [0.15, 0.2) is 43.1 Å². The molecule has 0 radical (unpaired) electrons. The average molecular weight is 469 g/mol. The standard InChI is InChI=1S/C23H21F2N5O4/c1-11-13-6-7-29(20(13)27-9-26-11)21-19-18(33-23(2,3)34-19)17(32-21)16(31)12-4-5-14-15(8-12)30(10-28-14)22(24)25/h4-10,17-19,21-22H,1-3H3/t17-,18-,19?,21-/m1/s1. The lowest BCUT2D eigenvalue weighted by atomic mass is 10.0. The van der Waals surface area contributed by atoms with Crippen LogP contribution in [0.2, 0.25) is 0 Å². The molecular formula is C23H21F2N5O4. The van der Waals surface area contributed by atoms with E-state index in [2.05, 4.69) is 15.0 Å². The maximum atomic E-state index is 13.6. The second-order valence-electron chi connectivity index (χ2n) is 8.93. The molecule has 2 saturated heterocycles. The molecule has 2 fully saturated rings. The number of aryl methyl sites for hydroxylation is 1. The van der Waals surface area contributed by atoms with E-state index in [9.17, 15) is 13.6 Å². The molecule has 4 aromatic rings. The van der Waals surface area contributed by atoms with E-state index in [1.54, 1.807) is 26.0 Å². The average Bonchev–Trinajstić information content (AvgIpc) is 3.54. The third-order valence-corrected chi connectivity index (χ3v) is 6.34. The Labute approximate surface area is 192 Å². The third-order valence-electron chi connectivity index (χ3n) is 6.34. The number of carbonyl (C=O) groups excluding carboxylic acids is 1. The van der Waals surface area contributed by atoms with Crippen LogP contribution < -0.4 is 0 Å².